The number of aliphatic hydroxyl groups is 1. The highest BCUT2D eigenvalue weighted by atomic mass is 16.3. The maximum Gasteiger partial charge on any atom is 0.106 e. The molecule has 2 bridgehead atoms. The highest BCUT2D eigenvalue weighted by molar-refractivity contribution is 5.11. The van der Waals surface area contributed by atoms with Gasteiger partial charge in [0, 0.05) is 0 Å². The summed E-state index contributed by atoms with van der Waals surface area (Å²) < 4.78 is 0. The summed E-state index contributed by atoms with van der Waals surface area (Å²) in [4.78, 5) is 8.00. The van der Waals surface area contributed by atoms with Crippen LogP contribution in [0.3, 0.4) is 0 Å². The van der Waals surface area contributed by atoms with Crippen LogP contribution in [0.5, 0.6) is 0 Å². The normalized spacial score (nSPS) is 42.3. The third kappa shape index (κ3) is 1.39. The van der Waals surface area contributed by atoms with E-state index in [0.717, 1.165) is 12.3 Å². The van der Waals surface area contributed by atoms with E-state index in [9.17, 15) is 5.11 Å². The van der Waals surface area contributed by atoms with Gasteiger partial charge in [0.05, 0.1) is 6.10 Å². The number of carbonyl (C=O) groups excluding carboxylic acids is 1. The second-order valence-corrected chi connectivity index (χ2v) is 5.13. The minimum Gasteiger partial charge on any atom is -0.412 e. The highest BCUT2D eigenvalue weighted by Crippen LogP contribution is 2.65. The Balaban J connectivity index is 0.000000531. The Morgan fingerprint density at radius 1 is 1.29 bits per heavy atom. The summed E-state index contributed by atoms with van der Waals surface area (Å²) in [5, 5.41) is 9.81. The van der Waals surface area contributed by atoms with Crippen LogP contribution in [0, 0.1) is 16.7 Å². The van der Waals surface area contributed by atoms with Crippen molar-refractivity contribution in [1.29, 1.82) is 0 Å². The Kier molecular flexibility index (Phi) is 3.87. The summed E-state index contributed by atoms with van der Waals surface area (Å²) in [6.45, 7) is 8.90. The summed E-state index contributed by atoms with van der Waals surface area (Å²) >= 11 is 0. The SMILES string of the molecule is C=O.CC1(C)C2CCC1(C)C(O)C2.O. The van der Waals surface area contributed by atoms with Crippen molar-refractivity contribution in [1.82, 2.24) is 0 Å². The second kappa shape index (κ2) is 3.99. The van der Waals surface area contributed by atoms with E-state index in [4.69, 9.17) is 4.79 Å². The topological polar surface area (TPSA) is 68.8 Å². The van der Waals surface area contributed by atoms with Crippen molar-refractivity contribution in [3.63, 3.8) is 0 Å². The summed E-state index contributed by atoms with van der Waals surface area (Å²) in [6, 6.07) is 0. The lowest BCUT2D eigenvalue weighted by atomic mass is 9.70. The molecule has 0 amide bonds. The van der Waals surface area contributed by atoms with Gasteiger partial charge in [-0.1, -0.05) is 20.8 Å². The van der Waals surface area contributed by atoms with Crippen LogP contribution in [0.4, 0.5) is 0 Å². The monoisotopic (exact) mass is 202 g/mol. The first-order chi connectivity index (χ1) is 5.98. The van der Waals surface area contributed by atoms with Crippen molar-refractivity contribution in [3.05, 3.63) is 0 Å². The molecule has 84 valence electrons. The van der Waals surface area contributed by atoms with Gasteiger partial charge in [0.25, 0.3) is 0 Å². The minimum atomic E-state index is -0.0313. The van der Waals surface area contributed by atoms with Crippen molar-refractivity contribution < 1.29 is 15.4 Å². The molecule has 3 atom stereocenters. The van der Waals surface area contributed by atoms with Crippen LogP contribution < -0.4 is 0 Å². The lowest BCUT2D eigenvalue weighted by molar-refractivity contribution is -0.0979. The Labute approximate surface area is 85.8 Å². The number of hydrogen-bond acceptors (Lipinski definition) is 2. The number of fused-ring (bicyclic) bond motifs is 2. The molecule has 0 aromatic heterocycles. The smallest absolute Gasteiger partial charge is 0.106 e. The predicted octanol–water partition coefficient (Wildman–Crippen LogP) is 1.18. The maximum atomic E-state index is 9.81. The zero-order valence-electron chi connectivity index (χ0n) is 9.34. The molecule has 14 heavy (non-hydrogen) atoms. The van der Waals surface area contributed by atoms with Crippen molar-refractivity contribution in [3.8, 4) is 0 Å². The summed E-state index contributed by atoms with van der Waals surface area (Å²) in [5.41, 5.74) is 0.601. The average molecular weight is 202 g/mol. The van der Waals surface area contributed by atoms with Gasteiger partial charge in [0.2, 0.25) is 0 Å². The molecule has 0 aromatic rings. The third-order valence-corrected chi connectivity index (χ3v) is 4.75. The molecule has 0 heterocycles. The molecule has 0 saturated heterocycles. The lowest BCUT2D eigenvalue weighted by Gasteiger charge is -2.36. The second-order valence-electron chi connectivity index (χ2n) is 5.13. The summed E-state index contributed by atoms with van der Waals surface area (Å²) in [6.07, 6.45) is 3.58. The number of hydrogen-bond donors (Lipinski definition) is 1. The van der Waals surface area contributed by atoms with E-state index in [1.165, 1.54) is 12.8 Å². The van der Waals surface area contributed by atoms with E-state index < -0.39 is 0 Å². The molecule has 3 unspecified atom stereocenters. The molecule has 2 fully saturated rings. The van der Waals surface area contributed by atoms with Gasteiger partial charge in [0.15, 0.2) is 0 Å². The molecule has 0 radical (unpaired) electrons. The van der Waals surface area contributed by atoms with Gasteiger partial charge in [-0.15, -0.1) is 0 Å². The summed E-state index contributed by atoms with van der Waals surface area (Å²) in [5.74, 6) is 0.780. The lowest BCUT2D eigenvalue weighted by Crippen LogP contribution is -2.35. The van der Waals surface area contributed by atoms with Crippen LogP contribution in [0.2, 0.25) is 0 Å². The van der Waals surface area contributed by atoms with Crippen molar-refractivity contribution in [2.45, 2.75) is 46.1 Å². The fourth-order valence-corrected chi connectivity index (χ4v) is 3.16. The molecule has 0 spiro atoms. The molecule has 2 saturated carbocycles. The zero-order valence-corrected chi connectivity index (χ0v) is 9.34. The standard InChI is InChI=1S/C10H18O.CH2O.H2O/c1-9(2)7-4-5-10(9,3)8(11)6-7;1-2;/h7-8,11H,4-6H2,1-3H3;1H2;1H2. The maximum absolute atomic E-state index is 9.81. The Bertz CT molecular complexity index is 203. The molecule has 0 aromatic carbocycles. The van der Waals surface area contributed by atoms with Gasteiger partial charge in [-0.05, 0) is 36.0 Å². The summed E-state index contributed by atoms with van der Waals surface area (Å²) in [7, 11) is 0. The number of aliphatic hydroxyl groups excluding tert-OH is 1. The molecule has 2 rings (SSSR count). The van der Waals surface area contributed by atoms with Crippen molar-refractivity contribution in [2.24, 2.45) is 16.7 Å². The van der Waals surface area contributed by atoms with Gasteiger partial charge in [-0.25, -0.2) is 0 Å². The van der Waals surface area contributed by atoms with E-state index in [1.807, 2.05) is 6.79 Å². The van der Waals surface area contributed by atoms with E-state index in [1.54, 1.807) is 0 Å². The van der Waals surface area contributed by atoms with Crippen molar-refractivity contribution >= 4 is 6.79 Å². The van der Waals surface area contributed by atoms with E-state index in [0.29, 0.717) is 5.41 Å². The average Bonchev–Trinajstić information content (AvgIpc) is 2.41. The van der Waals surface area contributed by atoms with Crippen molar-refractivity contribution in [2.75, 3.05) is 0 Å². The molecular formula is C11H22O3. The van der Waals surface area contributed by atoms with E-state index >= 15 is 0 Å². The molecule has 3 nitrogen and oxygen atoms in total. The van der Waals surface area contributed by atoms with Gasteiger partial charge < -0.3 is 15.4 Å². The van der Waals surface area contributed by atoms with Crippen LogP contribution >= 0.6 is 0 Å². The van der Waals surface area contributed by atoms with Gasteiger partial charge >= 0.3 is 0 Å². The predicted molar refractivity (Wildman–Crippen MR) is 56.0 cm³/mol. The van der Waals surface area contributed by atoms with E-state index in [2.05, 4.69) is 20.8 Å². The number of carbonyl (C=O) groups is 1. The molecule has 3 heteroatoms. The first kappa shape index (κ1) is 13.6. The van der Waals surface area contributed by atoms with Crippen LogP contribution in [-0.4, -0.2) is 23.5 Å². The molecule has 2 aliphatic carbocycles. The quantitative estimate of drug-likeness (QED) is 0.641. The first-order valence-corrected chi connectivity index (χ1v) is 4.95. The highest BCUT2D eigenvalue weighted by Gasteiger charge is 2.60. The Hall–Kier alpha value is -0.410. The Morgan fingerprint density at radius 2 is 1.79 bits per heavy atom. The molecule has 0 aliphatic heterocycles. The van der Waals surface area contributed by atoms with Gasteiger partial charge in [-0.2, -0.15) is 0 Å². The van der Waals surface area contributed by atoms with Crippen LogP contribution in [0.25, 0.3) is 0 Å². The van der Waals surface area contributed by atoms with Gasteiger partial charge in [0.1, 0.15) is 6.79 Å². The van der Waals surface area contributed by atoms with Crippen LogP contribution in [-0.2, 0) is 4.79 Å². The number of rotatable bonds is 0. The zero-order chi connectivity index (χ0) is 10.3. The van der Waals surface area contributed by atoms with Crippen LogP contribution in [0.15, 0.2) is 0 Å². The largest absolute Gasteiger partial charge is 0.412 e. The Morgan fingerprint density at radius 3 is 1.93 bits per heavy atom. The first-order valence-electron chi connectivity index (χ1n) is 4.95. The minimum absolute atomic E-state index is 0. The fourth-order valence-electron chi connectivity index (χ4n) is 3.16. The van der Waals surface area contributed by atoms with Gasteiger partial charge in [-0.3, -0.25) is 0 Å². The van der Waals surface area contributed by atoms with E-state index in [-0.39, 0.29) is 17.0 Å². The molecule has 3 N–H and O–H groups in total. The fraction of sp³-hybridized carbons (Fsp3) is 0.909. The third-order valence-electron chi connectivity index (χ3n) is 4.75. The van der Waals surface area contributed by atoms with Crippen LogP contribution in [0.1, 0.15) is 40.0 Å². The molecular weight excluding hydrogens is 180 g/mol. The molecule has 2 aliphatic rings.